The van der Waals surface area contributed by atoms with Crippen LogP contribution in [0.2, 0.25) is 0 Å². The smallest absolute Gasteiger partial charge is 0.320 e. The molecule has 0 amide bonds. The molecule has 0 aliphatic carbocycles. The van der Waals surface area contributed by atoms with E-state index < -0.39 is 18.2 Å². The lowest BCUT2D eigenvalue weighted by atomic mass is 10.1. The fourth-order valence-electron chi connectivity index (χ4n) is 2.78. The zero-order valence-electron chi connectivity index (χ0n) is 16.4. The van der Waals surface area contributed by atoms with E-state index in [1.807, 2.05) is 42.5 Å². The third-order valence-electron chi connectivity index (χ3n) is 4.29. The number of thiol groups is 1. The maximum atomic E-state index is 11.0. The average Bonchev–Trinajstić information content (AvgIpc) is 2.79. The SMILES string of the molecule is CO[C@H](NC(CCS)C(=O)O)c1ccccc1.c1ccc(-c2ccccc2)cc1. The molecule has 0 fully saturated rings. The molecule has 0 radical (unpaired) electrons. The summed E-state index contributed by atoms with van der Waals surface area (Å²) >= 11 is 4.05. The minimum Gasteiger partial charge on any atom is -0.480 e. The van der Waals surface area contributed by atoms with E-state index in [1.165, 1.54) is 11.1 Å². The number of ether oxygens (including phenoxy) is 1. The summed E-state index contributed by atoms with van der Waals surface area (Å²) in [5.41, 5.74) is 3.46. The summed E-state index contributed by atoms with van der Waals surface area (Å²) in [6.45, 7) is 0. The van der Waals surface area contributed by atoms with Gasteiger partial charge < -0.3 is 9.84 Å². The van der Waals surface area contributed by atoms with Crippen molar-refractivity contribution in [2.24, 2.45) is 0 Å². The van der Waals surface area contributed by atoms with Gasteiger partial charge in [-0.2, -0.15) is 12.6 Å². The van der Waals surface area contributed by atoms with E-state index in [0.29, 0.717) is 12.2 Å². The van der Waals surface area contributed by atoms with Gasteiger partial charge in [-0.15, -0.1) is 0 Å². The van der Waals surface area contributed by atoms with Crippen LogP contribution in [0.4, 0.5) is 0 Å². The first-order valence-corrected chi connectivity index (χ1v) is 10.1. The molecule has 5 heteroatoms. The van der Waals surface area contributed by atoms with Crippen molar-refractivity contribution < 1.29 is 14.6 Å². The highest BCUT2D eigenvalue weighted by atomic mass is 32.1. The molecule has 0 aliphatic rings. The van der Waals surface area contributed by atoms with Gasteiger partial charge in [0.25, 0.3) is 0 Å². The Hall–Kier alpha value is -2.60. The fourth-order valence-corrected chi connectivity index (χ4v) is 3.04. The van der Waals surface area contributed by atoms with Crippen molar-refractivity contribution in [2.45, 2.75) is 18.7 Å². The molecule has 3 aromatic rings. The van der Waals surface area contributed by atoms with E-state index in [2.05, 4.69) is 66.5 Å². The maximum Gasteiger partial charge on any atom is 0.320 e. The van der Waals surface area contributed by atoms with E-state index in [-0.39, 0.29) is 0 Å². The third-order valence-corrected chi connectivity index (χ3v) is 4.55. The molecule has 0 bridgehead atoms. The van der Waals surface area contributed by atoms with Crippen LogP contribution in [0.3, 0.4) is 0 Å². The molecule has 29 heavy (non-hydrogen) atoms. The van der Waals surface area contributed by atoms with Crippen molar-refractivity contribution in [3.8, 4) is 11.1 Å². The molecule has 3 aromatic carbocycles. The summed E-state index contributed by atoms with van der Waals surface area (Å²) in [4.78, 5) is 11.0. The van der Waals surface area contributed by atoms with Gasteiger partial charge in [0.1, 0.15) is 12.3 Å². The van der Waals surface area contributed by atoms with Gasteiger partial charge >= 0.3 is 5.97 Å². The third kappa shape index (κ3) is 7.74. The molecule has 0 spiro atoms. The molecule has 2 N–H and O–H groups in total. The minimum atomic E-state index is -0.892. The Balaban J connectivity index is 0.000000218. The van der Waals surface area contributed by atoms with Crippen molar-refractivity contribution >= 4 is 18.6 Å². The first kappa shape index (κ1) is 22.7. The molecule has 152 valence electrons. The van der Waals surface area contributed by atoms with Crippen molar-refractivity contribution in [1.29, 1.82) is 0 Å². The van der Waals surface area contributed by atoms with Gasteiger partial charge in [-0.1, -0.05) is 91.0 Å². The molecule has 0 aromatic heterocycles. The molecule has 0 heterocycles. The number of hydrogen-bond donors (Lipinski definition) is 3. The van der Waals surface area contributed by atoms with Crippen molar-refractivity contribution in [2.75, 3.05) is 12.9 Å². The fraction of sp³-hybridized carbons (Fsp3) is 0.208. The van der Waals surface area contributed by atoms with E-state index in [4.69, 9.17) is 9.84 Å². The van der Waals surface area contributed by atoms with Gasteiger partial charge in [0, 0.05) is 7.11 Å². The van der Waals surface area contributed by atoms with Crippen LogP contribution in [0.5, 0.6) is 0 Å². The molecule has 3 rings (SSSR count). The van der Waals surface area contributed by atoms with Crippen LogP contribution in [-0.4, -0.2) is 30.0 Å². The highest BCUT2D eigenvalue weighted by Crippen LogP contribution is 2.17. The largest absolute Gasteiger partial charge is 0.480 e. The van der Waals surface area contributed by atoms with Gasteiger partial charge in [-0.25, -0.2) is 0 Å². The van der Waals surface area contributed by atoms with Crippen LogP contribution in [0.1, 0.15) is 18.2 Å². The van der Waals surface area contributed by atoms with E-state index in [9.17, 15) is 4.79 Å². The van der Waals surface area contributed by atoms with Crippen LogP contribution < -0.4 is 5.32 Å². The second-order valence-corrected chi connectivity index (χ2v) is 6.78. The standard InChI is InChI=1S/C12H17NO3S.C12H10/c1-16-11(9-5-3-2-4-6-9)13-10(7-8-17)12(14)15;1-3-7-11(8-4-1)12-9-5-2-6-10-12/h2-6,10-11,13,17H,7-8H2,1H3,(H,14,15);1-10H/t10?,11-;/m0./s1. The summed E-state index contributed by atoms with van der Waals surface area (Å²) in [5, 5.41) is 12.0. The Morgan fingerprint density at radius 1 is 0.897 bits per heavy atom. The highest BCUT2D eigenvalue weighted by molar-refractivity contribution is 7.80. The summed E-state index contributed by atoms with van der Waals surface area (Å²) in [5.74, 6) is -0.383. The van der Waals surface area contributed by atoms with Gasteiger partial charge in [0.2, 0.25) is 0 Å². The molecule has 2 atom stereocenters. The predicted molar refractivity (Wildman–Crippen MR) is 121 cm³/mol. The zero-order chi connectivity index (χ0) is 20.9. The molecular formula is C24H27NO3S. The lowest BCUT2D eigenvalue weighted by Crippen LogP contribution is -2.40. The van der Waals surface area contributed by atoms with Crippen LogP contribution in [-0.2, 0) is 9.53 Å². The summed E-state index contributed by atoms with van der Waals surface area (Å²) in [7, 11) is 1.55. The molecular weight excluding hydrogens is 382 g/mol. The Bertz CT molecular complexity index is 791. The number of benzene rings is 3. The second-order valence-electron chi connectivity index (χ2n) is 6.33. The first-order chi connectivity index (χ1) is 14.2. The van der Waals surface area contributed by atoms with Crippen molar-refractivity contribution in [3.05, 3.63) is 96.6 Å². The number of carbonyl (C=O) groups is 1. The number of rotatable bonds is 8. The first-order valence-electron chi connectivity index (χ1n) is 9.43. The number of carboxylic acid groups (broad SMARTS) is 1. The minimum absolute atomic E-state index is 0.419. The second kappa shape index (κ2) is 12.8. The molecule has 0 saturated heterocycles. The number of methoxy groups -OCH3 is 1. The van der Waals surface area contributed by atoms with E-state index in [1.54, 1.807) is 7.11 Å². The Morgan fingerprint density at radius 3 is 1.72 bits per heavy atom. The number of hydrogen-bond acceptors (Lipinski definition) is 4. The maximum absolute atomic E-state index is 11.0. The van der Waals surface area contributed by atoms with Crippen LogP contribution in [0.25, 0.3) is 11.1 Å². The number of carboxylic acids is 1. The van der Waals surface area contributed by atoms with Crippen molar-refractivity contribution in [1.82, 2.24) is 5.32 Å². The molecule has 0 saturated carbocycles. The van der Waals surface area contributed by atoms with Crippen LogP contribution >= 0.6 is 12.6 Å². The summed E-state index contributed by atoms with van der Waals surface area (Å²) in [6, 6.07) is 29.6. The Kier molecular flexibility index (Phi) is 10.00. The summed E-state index contributed by atoms with van der Waals surface area (Å²) < 4.78 is 5.26. The van der Waals surface area contributed by atoms with Crippen LogP contribution in [0, 0.1) is 0 Å². The quantitative estimate of drug-likeness (QED) is 0.360. The van der Waals surface area contributed by atoms with E-state index in [0.717, 1.165) is 5.56 Å². The van der Waals surface area contributed by atoms with Gasteiger partial charge in [-0.3, -0.25) is 10.1 Å². The monoisotopic (exact) mass is 409 g/mol. The lowest BCUT2D eigenvalue weighted by molar-refractivity contribution is -0.140. The van der Waals surface area contributed by atoms with Crippen LogP contribution in [0.15, 0.2) is 91.0 Å². The predicted octanol–water partition coefficient (Wildman–Crippen LogP) is 5.05. The molecule has 4 nitrogen and oxygen atoms in total. The Labute approximate surface area is 178 Å². The van der Waals surface area contributed by atoms with Gasteiger partial charge in [0.15, 0.2) is 0 Å². The van der Waals surface area contributed by atoms with Gasteiger partial charge in [-0.05, 0) is 28.9 Å². The average molecular weight is 410 g/mol. The molecule has 1 unspecified atom stereocenters. The zero-order valence-corrected chi connectivity index (χ0v) is 17.3. The Morgan fingerprint density at radius 2 is 1.34 bits per heavy atom. The number of aliphatic carboxylic acids is 1. The van der Waals surface area contributed by atoms with E-state index >= 15 is 0 Å². The number of nitrogens with one attached hydrogen (secondary N) is 1. The molecule has 0 aliphatic heterocycles. The summed E-state index contributed by atoms with van der Waals surface area (Å²) in [6.07, 6.45) is 0.0303. The van der Waals surface area contributed by atoms with Gasteiger partial charge in [0.05, 0.1) is 0 Å². The lowest BCUT2D eigenvalue weighted by Gasteiger charge is -2.22. The topological polar surface area (TPSA) is 58.6 Å². The highest BCUT2D eigenvalue weighted by Gasteiger charge is 2.21. The normalized spacial score (nSPS) is 12.3. The van der Waals surface area contributed by atoms with Crippen molar-refractivity contribution in [3.63, 3.8) is 0 Å².